The van der Waals surface area contributed by atoms with E-state index in [1.165, 1.54) is 11.8 Å². The number of hydrogen-bond acceptors (Lipinski definition) is 4. The number of pyridine rings is 1. The average molecular weight is 394 g/mol. The molecule has 23 heavy (non-hydrogen) atoms. The first-order valence-electron chi connectivity index (χ1n) is 6.88. The number of thioether (sulfide) groups is 1. The van der Waals surface area contributed by atoms with Crippen LogP contribution in [-0.2, 0) is 9.59 Å². The summed E-state index contributed by atoms with van der Waals surface area (Å²) in [6, 6.07) is 11.0. The molecule has 2 amide bonds. The van der Waals surface area contributed by atoms with E-state index in [9.17, 15) is 9.59 Å². The zero-order valence-electron chi connectivity index (χ0n) is 12.5. The Morgan fingerprint density at radius 3 is 2.52 bits per heavy atom. The Labute approximate surface area is 147 Å². The van der Waals surface area contributed by atoms with Crippen molar-refractivity contribution < 1.29 is 9.59 Å². The number of anilines is 2. The van der Waals surface area contributed by atoms with E-state index in [4.69, 9.17) is 0 Å². The summed E-state index contributed by atoms with van der Waals surface area (Å²) >= 11 is 4.60. The number of hydrogen-bond donors (Lipinski definition) is 2. The summed E-state index contributed by atoms with van der Waals surface area (Å²) in [6.07, 6.45) is 1.69. The molecule has 0 radical (unpaired) electrons. The monoisotopic (exact) mass is 393 g/mol. The van der Waals surface area contributed by atoms with Crippen molar-refractivity contribution in [3.8, 4) is 0 Å². The van der Waals surface area contributed by atoms with Crippen LogP contribution < -0.4 is 10.6 Å². The molecule has 0 aliphatic heterocycles. The van der Waals surface area contributed by atoms with Gasteiger partial charge in [0.2, 0.25) is 11.8 Å². The minimum Gasteiger partial charge on any atom is -0.325 e. The van der Waals surface area contributed by atoms with Gasteiger partial charge in [0.15, 0.2) is 0 Å². The highest BCUT2D eigenvalue weighted by atomic mass is 79.9. The highest BCUT2D eigenvalue weighted by Gasteiger charge is 2.07. The normalized spacial score (nSPS) is 10.2. The van der Waals surface area contributed by atoms with Crippen LogP contribution in [0, 0.1) is 6.92 Å². The zero-order valence-corrected chi connectivity index (χ0v) is 14.9. The van der Waals surface area contributed by atoms with Crippen molar-refractivity contribution in [3.63, 3.8) is 0 Å². The number of halogens is 1. The average Bonchev–Trinajstić information content (AvgIpc) is 2.49. The van der Waals surface area contributed by atoms with Crippen LogP contribution in [0.15, 0.2) is 47.1 Å². The third-order valence-electron chi connectivity index (χ3n) is 2.75. The Kier molecular flexibility index (Phi) is 6.61. The minimum atomic E-state index is -0.179. The number of benzene rings is 1. The number of aryl methyl sites for hydroxylation is 1. The van der Waals surface area contributed by atoms with Crippen molar-refractivity contribution >= 4 is 51.0 Å². The molecule has 0 spiro atoms. The SMILES string of the molecule is Cc1ccc(NC(=O)CSCC(=O)Nc2cccc(Br)c2)nc1. The third kappa shape index (κ3) is 6.42. The highest BCUT2D eigenvalue weighted by molar-refractivity contribution is 9.10. The van der Waals surface area contributed by atoms with E-state index >= 15 is 0 Å². The molecule has 0 atom stereocenters. The quantitative estimate of drug-likeness (QED) is 0.787. The van der Waals surface area contributed by atoms with E-state index in [0.717, 1.165) is 15.7 Å². The number of nitrogens with one attached hydrogen (secondary N) is 2. The minimum absolute atomic E-state index is 0.144. The summed E-state index contributed by atoms with van der Waals surface area (Å²) in [5.74, 6) is 0.596. The van der Waals surface area contributed by atoms with Crippen molar-refractivity contribution in [1.82, 2.24) is 4.98 Å². The summed E-state index contributed by atoms with van der Waals surface area (Å²) in [6.45, 7) is 1.93. The van der Waals surface area contributed by atoms with Gasteiger partial charge in [0, 0.05) is 16.4 Å². The summed E-state index contributed by atoms with van der Waals surface area (Å²) in [7, 11) is 0. The fourth-order valence-corrected chi connectivity index (χ4v) is 2.74. The van der Waals surface area contributed by atoms with Crippen LogP contribution in [0.25, 0.3) is 0 Å². The molecule has 2 rings (SSSR count). The van der Waals surface area contributed by atoms with Crippen LogP contribution in [-0.4, -0.2) is 28.3 Å². The van der Waals surface area contributed by atoms with Gasteiger partial charge in [-0.15, -0.1) is 11.8 Å². The Bertz CT molecular complexity index is 692. The van der Waals surface area contributed by atoms with Gasteiger partial charge in [-0.25, -0.2) is 4.98 Å². The van der Waals surface area contributed by atoms with Crippen molar-refractivity contribution in [3.05, 3.63) is 52.6 Å². The van der Waals surface area contributed by atoms with Crippen molar-refractivity contribution in [2.75, 3.05) is 22.1 Å². The zero-order chi connectivity index (χ0) is 16.7. The van der Waals surface area contributed by atoms with Crippen LogP contribution in [0.5, 0.6) is 0 Å². The molecule has 0 saturated carbocycles. The molecular formula is C16H16BrN3O2S. The molecule has 2 N–H and O–H groups in total. The Balaban J connectivity index is 1.70. The van der Waals surface area contributed by atoms with E-state index in [0.29, 0.717) is 5.82 Å². The van der Waals surface area contributed by atoms with Gasteiger partial charge in [-0.05, 0) is 36.8 Å². The summed E-state index contributed by atoms with van der Waals surface area (Å²) in [5, 5.41) is 5.47. The Morgan fingerprint density at radius 2 is 1.87 bits per heavy atom. The number of carbonyl (C=O) groups excluding carboxylic acids is 2. The van der Waals surface area contributed by atoms with Gasteiger partial charge in [0.1, 0.15) is 5.82 Å². The molecule has 120 valence electrons. The Hall–Kier alpha value is -1.86. The van der Waals surface area contributed by atoms with Gasteiger partial charge in [-0.3, -0.25) is 9.59 Å². The lowest BCUT2D eigenvalue weighted by molar-refractivity contribution is -0.114. The maximum atomic E-state index is 11.8. The van der Waals surface area contributed by atoms with Gasteiger partial charge in [-0.2, -0.15) is 0 Å². The lowest BCUT2D eigenvalue weighted by Crippen LogP contribution is -2.18. The van der Waals surface area contributed by atoms with E-state index in [2.05, 4.69) is 31.5 Å². The lowest BCUT2D eigenvalue weighted by atomic mass is 10.3. The number of nitrogens with zero attached hydrogens (tertiary/aromatic N) is 1. The van der Waals surface area contributed by atoms with E-state index in [1.807, 2.05) is 37.3 Å². The predicted molar refractivity (Wildman–Crippen MR) is 97.7 cm³/mol. The van der Waals surface area contributed by atoms with Gasteiger partial charge < -0.3 is 10.6 Å². The molecule has 0 unspecified atom stereocenters. The number of amides is 2. The maximum absolute atomic E-state index is 11.8. The largest absolute Gasteiger partial charge is 0.325 e. The third-order valence-corrected chi connectivity index (χ3v) is 4.18. The number of rotatable bonds is 6. The van der Waals surface area contributed by atoms with E-state index < -0.39 is 0 Å². The molecular weight excluding hydrogens is 378 g/mol. The van der Waals surface area contributed by atoms with Gasteiger partial charge in [-0.1, -0.05) is 28.1 Å². The van der Waals surface area contributed by atoms with Crippen LogP contribution in [0.1, 0.15) is 5.56 Å². The standard InChI is InChI=1S/C16H16BrN3O2S/c1-11-5-6-14(18-8-11)20-16(22)10-23-9-15(21)19-13-4-2-3-12(17)7-13/h2-8H,9-10H2,1H3,(H,19,21)(H,18,20,22). The maximum Gasteiger partial charge on any atom is 0.235 e. The molecule has 7 heteroatoms. The second kappa shape index (κ2) is 8.69. The van der Waals surface area contributed by atoms with Crippen molar-refractivity contribution in [2.24, 2.45) is 0 Å². The molecule has 0 aliphatic rings. The first-order valence-corrected chi connectivity index (χ1v) is 8.83. The molecule has 0 bridgehead atoms. The molecule has 5 nitrogen and oxygen atoms in total. The van der Waals surface area contributed by atoms with E-state index in [-0.39, 0.29) is 23.3 Å². The first-order chi connectivity index (χ1) is 11.0. The van der Waals surface area contributed by atoms with Crippen LogP contribution >= 0.6 is 27.7 Å². The van der Waals surface area contributed by atoms with Crippen LogP contribution in [0.3, 0.4) is 0 Å². The van der Waals surface area contributed by atoms with Crippen LogP contribution in [0.2, 0.25) is 0 Å². The lowest BCUT2D eigenvalue weighted by Gasteiger charge is -2.06. The topological polar surface area (TPSA) is 71.1 Å². The van der Waals surface area contributed by atoms with Crippen LogP contribution in [0.4, 0.5) is 11.5 Å². The summed E-state index contributed by atoms with van der Waals surface area (Å²) in [5.41, 5.74) is 1.75. The van der Waals surface area contributed by atoms with Gasteiger partial charge in [0.05, 0.1) is 11.5 Å². The van der Waals surface area contributed by atoms with Gasteiger partial charge in [0.25, 0.3) is 0 Å². The fourth-order valence-electron chi connectivity index (χ4n) is 1.72. The highest BCUT2D eigenvalue weighted by Crippen LogP contribution is 2.16. The molecule has 1 heterocycles. The number of carbonyl (C=O) groups is 2. The second-order valence-electron chi connectivity index (χ2n) is 4.82. The fraction of sp³-hybridized carbons (Fsp3) is 0.188. The smallest absolute Gasteiger partial charge is 0.235 e. The molecule has 0 saturated heterocycles. The van der Waals surface area contributed by atoms with Gasteiger partial charge >= 0.3 is 0 Å². The van der Waals surface area contributed by atoms with Crippen molar-refractivity contribution in [2.45, 2.75) is 6.92 Å². The number of aromatic nitrogens is 1. The Morgan fingerprint density at radius 1 is 1.13 bits per heavy atom. The second-order valence-corrected chi connectivity index (χ2v) is 6.72. The molecule has 1 aromatic heterocycles. The summed E-state index contributed by atoms with van der Waals surface area (Å²) < 4.78 is 0.896. The molecule has 2 aromatic rings. The first kappa shape index (κ1) is 17.5. The molecule has 0 aliphatic carbocycles. The van der Waals surface area contributed by atoms with E-state index in [1.54, 1.807) is 12.3 Å². The van der Waals surface area contributed by atoms with Crippen molar-refractivity contribution in [1.29, 1.82) is 0 Å². The molecule has 0 fully saturated rings. The molecule has 1 aromatic carbocycles. The predicted octanol–water partition coefficient (Wildman–Crippen LogP) is 3.46. The summed E-state index contributed by atoms with van der Waals surface area (Å²) in [4.78, 5) is 27.7.